The molecule has 2 rings (SSSR count). The average molecular weight is 291 g/mol. The Balaban J connectivity index is 2.38. The van der Waals surface area contributed by atoms with Gasteiger partial charge in [-0.3, -0.25) is 4.79 Å². The van der Waals surface area contributed by atoms with Gasteiger partial charge in [0.05, 0.1) is 17.1 Å². The third-order valence-corrected chi connectivity index (χ3v) is 2.93. The highest BCUT2D eigenvalue weighted by molar-refractivity contribution is 5.96. The lowest BCUT2D eigenvalue weighted by atomic mass is 10.1. The molecule has 110 valence electrons. The topological polar surface area (TPSA) is 58.4 Å². The van der Waals surface area contributed by atoms with E-state index >= 15 is 0 Å². The maximum atomic E-state index is 13.7. The Kier molecular flexibility index (Phi) is 4.07. The van der Waals surface area contributed by atoms with E-state index in [1.165, 1.54) is 29.2 Å². The second-order valence-corrected chi connectivity index (χ2v) is 4.73. The fourth-order valence-corrected chi connectivity index (χ4v) is 1.80. The van der Waals surface area contributed by atoms with E-state index in [9.17, 15) is 13.6 Å². The van der Waals surface area contributed by atoms with Gasteiger partial charge in [0.15, 0.2) is 11.6 Å². The van der Waals surface area contributed by atoms with E-state index in [2.05, 4.69) is 5.32 Å². The summed E-state index contributed by atoms with van der Waals surface area (Å²) in [4.78, 5) is 13.3. The largest absolute Gasteiger partial charge is 0.397 e. The maximum absolute atomic E-state index is 13.7. The predicted molar refractivity (Wildman–Crippen MR) is 78.5 cm³/mol. The summed E-state index contributed by atoms with van der Waals surface area (Å²) in [5.41, 5.74) is 6.82. The second kappa shape index (κ2) is 5.78. The number of nitrogens with one attached hydrogen (secondary N) is 1. The molecule has 0 spiro atoms. The van der Waals surface area contributed by atoms with E-state index in [-0.39, 0.29) is 11.6 Å². The van der Waals surface area contributed by atoms with Gasteiger partial charge in [-0.25, -0.2) is 8.78 Å². The molecule has 0 unspecified atom stereocenters. The van der Waals surface area contributed by atoms with Gasteiger partial charge in [0, 0.05) is 19.7 Å². The molecule has 0 aliphatic rings. The Morgan fingerprint density at radius 1 is 1.14 bits per heavy atom. The third-order valence-electron chi connectivity index (χ3n) is 2.93. The van der Waals surface area contributed by atoms with Crippen molar-refractivity contribution in [2.24, 2.45) is 0 Å². The summed E-state index contributed by atoms with van der Waals surface area (Å²) >= 11 is 0. The number of nitrogens with zero attached hydrogens (tertiary/aromatic N) is 1. The molecule has 3 N–H and O–H groups in total. The molecule has 0 atom stereocenters. The minimum Gasteiger partial charge on any atom is -0.397 e. The summed E-state index contributed by atoms with van der Waals surface area (Å²) in [6.07, 6.45) is 0. The molecule has 0 aliphatic heterocycles. The molecule has 0 fully saturated rings. The summed E-state index contributed by atoms with van der Waals surface area (Å²) in [5.74, 6) is -2.17. The molecule has 1 amide bonds. The Hall–Kier alpha value is -2.63. The van der Waals surface area contributed by atoms with Crippen molar-refractivity contribution >= 4 is 23.0 Å². The number of benzene rings is 2. The first-order valence-corrected chi connectivity index (χ1v) is 6.22. The molecule has 0 aromatic heterocycles. The van der Waals surface area contributed by atoms with Gasteiger partial charge in [0.2, 0.25) is 0 Å². The van der Waals surface area contributed by atoms with Crippen LogP contribution >= 0.6 is 0 Å². The number of carbonyl (C=O) groups is 1. The molecule has 6 heteroatoms. The Morgan fingerprint density at radius 2 is 1.86 bits per heavy atom. The van der Waals surface area contributed by atoms with Crippen LogP contribution in [0.4, 0.5) is 25.8 Å². The minimum absolute atomic E-state index is 0.0452. The van der Waals surface area contributed by atoms with Crippen LogP contribution in [0.1, 0.15) is 10.4 Å². The fourth-order valence-electron chi connectivity index (χ4n) is 1.80. The van der Waals surface area contributed by atoms with Gasteiger partial charge in [-0.1, -0.05) is 6.07 Å². The van der Waals surface area contributed by atoms with E-state index in [1.807, 2.05) is 0 Å². The minimum atomic E-state index is -0.999. The molecule has 0 bridgehead atoms. The number of hydrogen-bond acceptors (Lipinski definition) is 3. The third kappa shape index (κ3) is 3.10. The van der Waals surface area contributed by atoms with Crippen LogP contribution in [0.25, 0.3) is 0 Å². The molecular formula is C15H15F2N3O. The van der Waals surface area contributed by atoms with Gasteiger partial charge < -0.3 is 16.0 Å². The smallest absolute Gasteiger partial charge is 0.253 e. The molecule has 0 saturated heterocycles. The Bertz CT molecular complexity index is 687. The predicted octanol–water partition coefficient (Wildman–Crippen LogP) is 2.99. The van der Waals surface area contributed by atoms with Gasteiger partial charge >= 0.3 is 0 Å². The van der Waals surface area contributed by atoms with Gasteiger partial charge in [-0.15, -0.1) is 0 Å². The number of amides is 1. The van der Waals surface area contributed by atoms with Crippen LogP contribution in [0.5, 0.6) is 0 Å². The molecule has 2 aromatic rings. The maximum Gasteiger partial charge on any atom is 0.253 e. The first-order chi connectivity index (χ1) is 9.90. The van der Waals surface area contributed by atoms with Crippen LogP contribution in [0, 0.1) is 11.6 Å². The van der Waals surface area contributed by atoms with Crippen molar-refractivity contribution in [1.29, 1.82) is 0 Å². The highest BCUT2D eigenvalue weighted by Crippen LogP contribution is 2.27. The summed E-state index contributed by atoms with van der Waals surface area (Å²) in [6.45, 7) is 0. The van der Waals surface area contributed by atoms with E-state index in [0.717, 1.165) is 6.07 Å². The molecular weight excluding hydrogens is 276 g/mol. The first kappa shape index (κ1) is 14.8. The lowest BCUT2D eigenvalue weighted by Crippen LogP contribution is -2.21. The number of rotatable bonds is 3. The van der Waals surface area contributed by atoms with E-state index in [4.69, 9.17) is 5.73 Å². The molecule has 21 heavy (non-hydrogen) atoms. The van der Waals surface area contributed by atoms with Crippen molar-refractivity contribution in [1.82, 2.24) is 4.90 Å². The first-order valence-electron chi connectivity index (χ1n) is 6.22. The normalized spacial score (nSPS) is 10.3. The monoisotopic (exact) mass is 291 g/mol. The summed E-state index contributed by atoms with van der Waals surface area (Å²) < 4.78 is 26.8. The van der Waals surface area contributed by atoms with Gasteiger partial charge in [-0.05, 0) is 30.3 Å². The highest BCUT2D eigenvalue weighted by atomic mass is 19.2. The van der Waals surface area contributed by atoms with Crippen LogP contribution in [0.15, 0.2) is 36.4 Å². The van der Waals surface area contributed by atoms with Crippen LogP contribution in [-0.4, -0.2) is 24.9 Å². The molecule has 4 nitrogen and oxygen atoms in total. The Morgan fingerprint density at radius 3 is 2.52 bits per heavy atom. The molecule has 0 radical (unpaired) electrons. The number of carbonyl (C=O) groups excluding carboxylic acids is 1. The standard InChI is InChI=1S/C15H15F2N3O/c1-20(2)15(21)9-6-7-11(18)13(8-9)19-12-5-3-4-10(16)14(12)17/h3-8,19H,18H2,1-2H3. The molecule has 0 heterocycles. The number of hydrogen-bond donors (Lipinski definition) is 2. The number of nitrogens with two attached hydrogens (primary N) is 1. The van der Waals surface area contributed by atoms with Gasteiger partial charge in [0.1, 0.15) is 0 Å². The van der Waals surface area contributed by atoms with Crippen molar-refractivity contribution in [3.63, 3.8) is 0 Å². The average Bonchev–Trinajstić information content (AvgIpc) is 2.45. The van der Waals surface area contributed by atoms with Crippen LogP contribution in [0.3, 0.4) is 0 Å². The van der Waals surface area contributed by atoms with Gasteiger partial charge in [0.25, 0.3) is 5.91 Å². The zero-order chi connectivity index (χ0) is 15.6. The Labute approximate surface area is 121 Å². The van der Waals surface area contributed by atoms with Crippen LogP contribution in [0.2, 0.25) is 0 Å². The second-order valence-electron chi connectivity index (χ2n) is 4.73. The van der Waals surface area contributed by atoms with Crippen LogP contribution < -0.4 is 11.1 Å². The van der Waals surface area contributed by atoms with E-state index < -0.39 is 11.6 Å². The van der Waals surface area contributed by atoms with Crippen molar-refractivity contribution in [3.8, 4) is 0 Å². The van der Waals surface area contributed by atoms with E-state index in [1.54, 1.807) is 20.2 Å². The van der Waals surface area contributed by atoms with Crippen molar-refractivity contribution < 1.29 is 13.6 Å². The molecule has 0 aliphatic carbocycles. The molecule has 2 aromatic carbocycles. The van der Waals surface area contributed by atoms with E-state index in [0.29, 0.717) is 16.9 Å². The van der Waals surface area contributed by atoms with Crippen molar-refractivity contribution in [3.05, 3.63) is 53.6 Å². The summed E-state index contributed by atoms with van der Waals surface area (Å²) in [5, 5.41) is 2.70. The lowest BCUT2D eigenvalue weighted by molar-refractivity contribution is 0.0827. The molecule has 0 saturated carbocycles. The van der Waals surface area contributed by atoms with Crippen molar-refractivity contribution in [2.45, 2.75) is 0 Å². The summed E-state index contributed by atoms with van der Waals surface area (Å²) in [6, 6.07) is 8.41. The number of anilines is 3. The van der Waals surface area contributed by atoms with Crippen molar-refractivity contribution in [2.75, 3.05) is 25.1 Å². The number of halogens is 2. The quantitative estimate of drug-likeness (QED) is 0.855. The SMILES string of the molecule is CN(C)C(=O)c1ccc(N)c(Nc2cccc(F)c2F)c1. The highest BCUT2D eigenvalue weighted by Gasteiger charge is 2.13. The fraction of sp³-hybridized carbons (Fsp3) is 0.133. The number of nitrogen functional groups attached to an aromatic ring is 1. The zero-order valence-electron chi connectivity index (χ0n) is 11.7. The zero-order valence-corrected chi connectivity index (χ0v) is 11.7. The van der Waals surface area contributed by atoms with Gasteiger partial charge in [-0.2, -0.15) is 0 Å². The van der Waals surface area contributed by atoms with Crippen LogP contribution in [-0.2, 0) is 0 Å². The lowest BCUT2D eigenvalue weighted by Gasteiger charge is -2.14. The summed E-state index contributed by atoms with van der Waals surface area (Å²) in [7, 11) is 3.25.